The molecule has 0 spiro atoms. The van der Waals surface area contributed by atoms with Gasteiger partial charge in [0.15, 0.2) is 5.69 Å². The van der Waals surface area contributed by atoms with Gasteiger partial charge in [-0.3, -0.25) is 20.7 Å². The lowest BCUT2D eigenvalue weighted by atomic mass is 9.92. The Morgan fingerprint density at radius 1 is 0.795 bits per heavy atom. The van der Waals surface area contributed by atoms with Gasteiger partial charge in [-0.2, -0.15) is 10.5 Å². The van der Waals surface area contributed by atoms with Crippen LogP contribution < -0.4 is 16.4 Å². The summed E-state index contributed by atoms with van der Waals surface area (Å²) in [4.78, 5) is 35.6. The van der Waals surface area contributed by atoms with E-state index in [0.29, 0.717) is 39.3 Å². The second-order valence-electron chi connectivity index (χ2n) is 11.3. The molecule has 0 radical (unpaired) electrons. The minimum atomic E-state index is -1.04. The van der Waals surface area contributed by atoms with E-state index in [9.17, 15) is 30.2 Å². The molecular weight excluding hydrogens is 568 g/mol. The number of nitriles is 2. The molecule has 0 fully saturated rings. The van der Waals surface area contributed by atoms with Crippen molar-refractivity contribution >= 4 is 34.9 Å². The van der Waals surface area contributed by atoms with Gasteiger partial charge in [0.1, 0.15) is 23.3 Å². The first-order valence-corrected chi connectivity index (χ1v) is 13.3. The van der Waals surface area contributed by atoms with Crippen LogP contribution >= 0.6 is 0 Å². The van der Waals surface area contributed by atoms with Crippen LogP contribution in [0.4, 0.5) is 32.3 Å². The largest absolute Gasteiger partial charge is 0.438 e. The van der Waals surface area contributed by atoms with Crippen molar-refractivity contribution in [1.82, 2.24) is 9.35 Å². The molecule has 220 valence electrons. The number of ether oxygens (including phenoxy) is 2. The third-order valence-electron chi connectivity index (χ3n) is 7.67. The van der Waals surface area contributed by atoms with E-state index < -0.39 is 34.0 Å². The zero-order chi connectivity index (χ0) is 31.7. The van der Waals surface area contributed by atoms with Crippen LogP contribution in [0.5, 0.6) is 0 Å². The van der Waals surface area contributed by atoms with E-state index in [0.717, 1.165) is 0 Å². The molecule has 0 saturated heterocycles. The molecule has 2 aromatic carbocycles. The normalized spacial score (nSPS) is 15.8. The average Bonchev–Trinajstić information content (AvgIpc) is 3.48. The van der Waals surface area contributed by atoms with E-state index in [-0.39, 0.29) is 22.8 Å². The average molecular weight is 593 g/mol. The Hall–Kier alpha value is -6.28. The number of benzene rings is 2. The summed E-state index contributed by atoms with van der Waals surface area (Å²) >= 11 is 0. The number of nitrogens with one attached hydrogen (secondary N) is 2. The molecule has 2 amide bonds. The second-order valence-corrected chi connectivity index (χ2v) is 11.3. The number of aromatic nitrogens is 2. The molecule has 4 aromatic rings. The molecule has 14 heteroatoms. The van der Waals surface area contributed by atoms with Crippen LogP contribution in [0.15, 0.2) is 48.5 Å². The maximum atomic E-state index is 12.2. The molecule has 0 atom stereocenters. The standard InChI is InChI=1S/C30H24N8O6/c1-29(2)17-9-15(5-7-20(17)34-27(39)43-29)22-11-19(33)25(13-31)36(22)37-23(12-24(38(41)42)26(37)14-32)16-6-8-21-18(10-16)30(3,4)44-28(40)35-21/h5-12H,33H2,1-4H3,(H,34,39)(H,35,40). The molecule has 2 aliphatic heterocycles. The second kappa shape index (κ2) is 9.37. The van der Waals surface area contributed by atoms with Crippen LogP contribution in [0, 0.1) is 32.8 Å². The van der Waals surface area contributed by atoms with Gasteiger partial charge in [-0.05, 0) is 58.0 Å². The summed E-state index contributed by atoms with van der Waals surface area (Å²) in [5.41, 5.74) is 7.18. The number of nitrogens with zero attached hydrogens (tertiary/aromatic N) is 5. The van der Waals surface area contributed by atoms with Gasteiger partial charge < -0.3 is 15.2 Å². The lowest BCUT2D eigenvalue weighted by molar-refractivity contribution is -0.385. The van der Waals surface area contributed by atoms with Crippen LogP contribution in [-0.4, -0.2) is 26.5 Å². The summed E-state index contributed by atoms with van der Waals surface area (Å²) < 4.78 is 13.6. The summed E-state index contributed by atoms with van der Waals surface area (Å²) in [6.07, 6.45) is -1.22. The summed E-state index contributed by atoms with van der Waals surface area (Å²) in [5, 5.41) is 37.9. The van der Waals surface area contributed by atoms with E-state index in [1.54, 1.807) is 64.1 Å². The minimum Gasteiger partial charge on any atom is -0.438 e. The molecule has 14 nitrogen and oxygen atoms in total. The fraction of sp³-hybridized carbons (Fsp3) is 0.200. The number of carbonyl (C=O) groups is 2. The summed E-state index contributed by atoms with van der Waals surface area (Å²) in [6.45, 7) is 6.87. The van der Waals surface area contributed by atoms with Crippen LogP contribution in [-0.2, 0) is 20.7 Å². The highest BCUT2D eigenvalue weighted by molar-refractivity contribution is 5.91. The van der Waals surface area contributed by atoms with Crippen LogP contribution in [0.3, 0.4) is 0 Å². The minimum absolute atomic E-state index is 0.0675. The molecule has 4 N–H and O–H groups in total. The summed E-state index contributed by atoms with van der Waals surface area (Å²) in [6, 6.07) is 16.9. The first-order chi connectivity index (χ1) is 20.8. The van der Waals surface area contributed by atoms with Gasteiger partial charge in [0.05, 0.1) is 33.4 Å². The van der Waals surface area contributed by atoms with Crippen molar-refractivity contribution in [2.45, 2.75) is 38.9 Å². The number of anilines is 3. The molecule has 6 rings (SSSR count). The van der Waals surface area contributed by atoms with E-state index in [2.05, 4.69) is 16.7 Å². The van der Waals surface area contributed by atoms with Gasteiger partial charge in [-0.1, -0.05) is 12.1 Å². The molecule has 0 unspecified atom stereocenters. The van der Waals surface area contributed by atoms with Crippen molar-refractivity contribution in [1.29, 1.82) is 10.5 Å². The van der Waals surface area contributed by atoms with Gasteiger partial charge in [-0.25, -0.2) is 18.9 Å². The van der Waals surface area contributed by atoms with E-state index in [4.69, 9.17) is 15.2 Å². The highest BCUT2D eigenvalue weighted by Crippen LogP contribution is 2.42. The van der Waals surface area contributed by atoms with Gasteiger partial charge in [0.2, 0.25) is 5.69 Å². The van der Waals surface area contributed by atoms with E-state index >= 15 is 0 Å². The highest BCUT2D eigenvalue weighted by atomic mass is 16.6. The van der Waals surface area contributed by atoms with Crippen LogP contribution in [0.1, 0.15) is 50.2 Å². The zero-order valence-electron chi connectivity index (χ0n) is 23.9. The fourth-order valence-corrected chi connectivity index (χ4v) is 5.66. The Morgan fingerprint density at radius 2 is 1.25 bits per heavy atom. The molecule has 2 aromatic heterocycles. The predicted octanol–water partition coefficient (Wildman–Crippen LogP) is 5.76. The molecule has 2 aliphatic rings. The third-order valence-corrected chi connectivity index (χ3v) is 7.67. The van der Waals surface area contributed by atoms with Crippen LogP contribution in [0.25, 0.3) is 22.5 Å². The molecular formula is C30H24N8O6. The Bertz CT molecular complexity index is 2040. The van der Waals surface area contributed by atoms with Crippen molar-refractivity contribution in [3.63, 3.8) is 0 Å². The Balaban J connectivity index is 1.65. The van der Waals surface area contributed by atoms with Crippen molar-refractivity contribution in [2.75, 3.05) is 16.4 Å². The quantitative estimate of drug-likeness (QED) is 0.194. The lowest BCUT2D eigenvalue weighted by Crippen LogP contribution is -2.34. The Labute approximate surface area is 249 Å². The number of hydrogen-bond donors (Lipinski definition) is 3. The molecule has 0 bridgehead atoms. The lowest BCUT2D eigenvalue weighted by Gasteiger charge is -2.33. The Morgan fingerprint density at radius 3 is 1.70 bits per heavy atom. The van der Waals surface area contributed by atoms with Gasteiger partial charge in [-0.15, -0.1) is 0 Å². The number of fused-ring (bicyclic) bond motifs is 2. The zero-order valence-corrected chi connectivity index (χ0v) is 23.9. The van der Waals surface area contributed by atoms with Crippen molar-refractivity contribution < 1.29 is 24.0 Å². The van der Waals surface area contributed by atoms with Crippen LogP contribution in [0.2, 0.25) is 0 Å². The number of nitro groups is 1. The molecule has 0 aliphatic carbocycles. The van der Waals surface area contributed by atoms with E-state index in [1.807, 2.05) is 6.07 Å². The molecule has 44 heavy (non-hydrogen) atoms. The third kappa shape index (κ3) is 4.16. The maximum absolute atomic E-state index is 12.2. The Kier molecular flexibility index (Phi) is 5.93. The highest BCUT2D eigenvalue weighted by Gasteiger charge is 2.36. The van der Waals surface area contributed by atoms with Crippen molar-refractivity contribution in [3.05, 3.63) is 81.2 Å². The predicted molar refractivity (Wildman–Crippen MR) is 157 cm³/mol. The van der Waals surface area contributed by atoms with Gasteiger partial charge in [0, 0.05) is 28.3 Å². The maximum Gasteiger partial charge on any atom is 0.412 e. The SMILES string of the molecule is CC1(C)OC(=O)Nc2ccc(-c3cc(N)c(C#N)n3-n3c(-c4ccc5c(c4)C(C)(C)OC(=O)N5)cc([N+](=O)[O-])c3C#N)cc21. The molecule has 4 heterocycles. The number of hydrogen-bond acceptors (Lipinski definition) is 9. The smallest absolute Gasteiger partial charge is 0.412 e. The fourth-order valence-electron chi connectivity index (χ4n) is 5.66. The van der Waals surface area contributed by atoms with Gasteiger partial charge >= 0.3 is 17.9 Å². The monoisotopic (exact) mass is 592 g/mol. The first-order valence-electron chi connectivity index (χ1n) is 13.3. The number of nitrogens with two attached hydrogens (primary N) is 1. The first kappa shape index (κ1) is 27.9. The number of rotatable bonds is 4. The summed E-state index contributed by atoms with van der Waals surface area (Å²) in [5.74, 6) is 0. The topological polar surface area (TPSA) is 203 Å². The van der Waals surface area contributed by atoms with Gasteiger partial charge in [0.25, 0.3) is 0 Å². The van der Waals surface area contributed by atoms with Crippen molar-refractivity contribution in [2.24, 2.45) is 0 Å². The number of cyclic esters (lactones) is 2. The number of nitrogen functional groups attached to an aromatic ring is 1. The number of carbonyl (C=O) groups excluding carboxylic acids is 2. The number of amides is 2. The summed E-state index contributed by atoms with van der Waals surface area (Å²) in [7, 11) is 0. The van der Waals surface area contributed by atoms with Crippen molar-refractivity contribution in [3.8, 4) is 34.7 Å². The molecule has 0 saturated carbocycles. The van der Waals surface area contributed by atoms with E-state index in [1.165, 1.54) is 21.5 Å².